The van der Waals surface area contributed by atoms with Gasteiger partial charge < -0.3 is 15.2 Å². The van der Waals surface area contributed by atoms with Crippen LogP contribution < -0.4 is 15.0 Å². The van der Waals surface area contributed by atoms with Crippen molar-refractivity contribution in [1.82, 2.24) is 0 Å². The van der Waals surface area contributed by atoms with Gasteiger partial charge in [-0.25, -0.2) is 4.79 Å². The van der Waals surface area contributed by atoms with E-state index in [1.807, 2.05) is 32.9 Å². The van der Waals surface area contributed by atoms with Crippen LogP contribution in [-0.2, 0) is 9.59 Å². The van der Waals surface area contributed by atoms with Gasteiger partial charge in [-0.05, 0) is 63.9 Å². The molecule has 0 saturated heterocycles. The van der Waals surface area contributed by atoms with Crippen LogP contribution in [0.5, 0.6) is 5.75 Å². The second-order valence-electron chi connectivity index (χ2n) is 7.39. The number of amides is 2. The molecule has 1 aliphatic heterocycles. The Morgan fingerprint density at radius 1 is 1.14 bits per heavy atom. The van der Waals surface area contributed by atoms with Gasteiger partial charge in [-0.3, -0.25) is 14.5 Å². The van der Waals surface area contributed by atoms with E-state index in [4.69, 9.17) is 4.74 Å². The zero-order valence-corrected chi connectivity index (χ0v) is 17.1. The SMILES string of the molecule is Cc1cc(C)c(NC(=O)C(C)N2C(=O)C(C)Oc3ccc(C(=O)O)cc32)c(C)c1. The number of hydrogen-bond acceptors (Lipinski definition) is 4. The number of nitrogens with zero attached hydrogens (tertiary/aromatic N) is 1. The Morgan fingerprint density at radius 3 is 2.34 bits per heavy atom. The fraction of sp³-hybridized carbons (Fsp3) is 0.318. The Kier molecular flexibility index (Phi) is 5.33. The first-order chi connectivity index (χ1) is 13.6. The van der Waals surface area contributed by atoms with Crippen LogP contribution in [0.25, 0.3) is 0 Å². The molecule has 2 N–H and O–H groups in total. The average molecular weight is 396 g/mol. The van der Waals surface area contributed by atoms with E-state index in [1.165, 1.54) is 23.1 Å². The molecule has 2 atom stereocenters. The average Bonchev–Trinajstić information content (AvgIpc) is 2.64. The Hall–Kier alpha value is -3.35. The summed E-state index contributed by atoms with van der Waals surface area (Å²) in [5, 5.41) is 12.2. The molecule has 7 nitrogen and oxygen atoms in total. The first kappa shape index (κ1) is 20.4. The van der Waals surface area contributed by atoms with Gasteiger partial charge in [0.05, 0.1) is 11.3 Å². The summed E-state index contributed by atoms with van der Waals surface area (Å²) in [6.45, 7) is 9.02. The van der Waals surface area contributed by atoms with E-state index in [0.717, 1.165) is 16.7 Å². The van der Waals surface area contributed by atoms with Crippen LogP contribution in [0, 0.1) is 20.8 Å². The molecule has 7 heteroatoms. The first-order valence-corrected chi connectivity index (χ1v) is 9.36. The van der Waals surface area contributed by atoms with E-state index in [2.05, 4.69) is 5.32 Å². The van der Waals surface area contributed by atoms with Crippen molar-refractivity contribution in [1.29, 1.82) is 0 Å². The number of carbonyl (C=O) groups is 3. The largest absolute Gasteiger partial charge is 0.479 e. The summed E-state index contributed by atoms with van der Waals surface area (Å²) in [7, 11) is 0. The second-order valence-corrected chi connectivity index (χ2v) is 7.39. The lowest BCUT2D eigenvalue weighted by molar-refractivity contribution is -0.128. The Balaban J connectivity index is 1.97. The van der Waals surface area contributed by atoms with Crippen LogP contribution in [0.15, 0.2) is 30.3 Å². The predicted molar refractivity (Wildman–Crippen MR) is 110 cm³/mol. The standard InChI is InChI=1S/C22H24N2O5/c1-11-8-12(2)19(13(3)9-11)23-20(25)14(4)24-17-10-16(22(27)28)6-7-18(17)29-15(5)21(24)26/h6-10,14-15H,1-5H3,(H,23,25)(H,27,28). The number of rotatable bonds is 4. The summed E-state index contributed by atoms with van der Waals surface area (Å²) < 4.78 is 5.59. The number of ether oxygens (including phenoxy) is 1. The number of aromatic carboxylic acids is 1. The van der Waals surface area contributed by atoms with E-state index in [9.17, 15) is 19.5 Å². The Morgan fingerprint density at radius 2 is 1.76 bits per heavy atom. The van der Waals surface area contributed by atoms with Gasteiger partial charge in [-0.2, -0.15) is 0 Å². The van der Waals surface area contributed by atoms with Crippen molar-refractivity contribution in [2.45, 2.75) is 46.8 Å². The Labute approximate surface area is 169 Å². The molecule has 3 rings (SSSR count). The van der Waals surface area contributed by atoms with Crippen LogP contribution in [0.3, 0.4) is 0 Å². The van der Waals surface area contributed by atoms with Crippen molar-refractivity contribution in [3.63, 3.8) is 0 Å². The number of hydrogen-bond donors (Lipinski definition) is 2. The zero-order chi connectivity index (χ0) is 21.5. The van der Waals surface area contributed by atoms with Gasteiger partial charge in [0.1, 0.15) is 11.8 Å². The number of fused-ring (bicyclic) bond motifs is 1. The van der Waals surface area contributed by atoms with Crippen LogP contribution in [-0.4, -0.2) is 35.0 Å². The number of anilines is 2. The fourth-order valence-electron chi connectivity index (χ4n) is 3.62. The summed E-state index contributed by atoms with van der Waals surface area (Å²) in [6.07, 6.45) is -0.781. The van der Waals surface area contributed by atoms with E-state index in [1.54, 1.807) is 13.8 Å². The lowest BCUT2D eigenvalue weighted by Gasteiger charge is -2.36. The minimum absolute atomic E-state index is 0.0116. The molecule has 0 fully saturated rings. The number of carboxylic acids is 1. The molecule has 0 aromatic heterocycles. The minimum atomic E-state index is -1.12. The van der Waals surface area contributed by atoms with E-state index >= 15 is 0 Å². The summed E-state index contributed by atoms with van der Waals surface area (Å²) in [5.41, 5.74) is 3.95. The first-order valence-electron chi connectivity index (χ1n) is 9.36. The van der Waals surface area contributed by atoms with Crippen LogP contribution >= 0.6 is 0 Å². The van der Waals surface area contributed by atoms with Gasteiger partial charge in [0, 0.05) is 5.69 Å². The van der Waals surface area contributed by atoms with Crippen molar-refractivity contribution in [2.24, 2.45) is 0 Å². The quantitative estimate of drug-likeness (QED) is 0.825. The third-order valence-corrected chi connectivity index (χ3v) is 5.05. The van der Waals surface area contributed by atoms with Gasteiger partial charge in [-0.15, -0.1) is 0 Å². The molecule has 0 bridgehead atoms. The van der Waals surface area contributed by atoms with Crippen molar-refractivity contribution in [3.8, 4) is 5.75 Å². The molecule has 0 spiro atoms. The smallest absolute Gasteiger partial charge is 0.335 e. The summed E-state index contributed by atoms with van der Waals surface area (Å²) in [6, 6.07) is 7.36. The van der Waals surface area contributed by atoms with E-state index in [0.29, 0.717) is 11.4 Å². The topological polar surface area (TPSA) is 95.9 Å². The lowest BCUT2D eigenvalue weighted by atomic mass is 10.0. The molecule has 0 saturated carbocycles. The number of carboxylic acid groups (broad SMARTS) is 1. The number of carbonyl (C=O) groups excluding carboxylic acids is 2. The maximum atomic E-state index is 13.0. The van der Waals surface area contributed by atoms with Gasteiger partial charge in [-0.1, -0.05) is 17.7 Å². The van der Waals surface area contributed by atoms with Gasteiger partial charge in [0.25, 0.3) is 5.91 Å². The molecule has 2 aromatic carbocycles. The van der Waals surface area contributed by atoms with Gasteiger partial charge >= 0.3 is 5.97 Å². The normalized spacial score (nSPS) is 16.7. The molecule has 1 aliphatic rings. The number of aryl methyl sites for hydroxylation is 3. The van der Waals surface area contributed by atoms with Crippen molar-refractivity contribution >= 4 is 29.2 Å². The fourth-order valence-corrected chi connectivity index (χ4v) is 3.62. The molecule has 152 valence electrons. The number of nitrogens with one attached hydrogen (secondary N) is 1. The van der Waals surface area contributed by atoms with E-state index < -0.39 is 24.0 Å². The highest BCUT2D eigenvalue weighted by Crippen LogP contribution is 2.36. The van der Waals surface area contributed by atoms with Crippen LogP contribution in [0.1, 0.15) is 40.9 Å². The molecule has 2 unspecified atom stereocenters. The molecule has 0 radical (unpaired) electrons. The highest BCUT2D eigenvalue weighted by atomic mass is 16.5. The summed E-state index contributed by atoms with van der Waals surface area (Å²) in [5.74, 6) is -1.53. The van der Waals surface area contributed by atoms with Crippen LogP contribution in [0.2, 0.25) is 0 Å². The van der Waals surface area contributed by atoms with Crippen molar-refractivity contribution in [3.05, 3.63) is 52.6 Å². The minimum Gasteiger partial charge on any atom is -0.479 e. The highest BCUT2D eigenvalue weighted by Gasteiger charge is 2.37. The summed E-state index contributed by atoms with van der Waals surface area (Å²) in [4.78, 5) is 38.5. The molecule has 2 aromatic rings. The molecule has 29 heavy (non-hydrogen) atoms. The molecule has 0 aliphatic carbocycles. The molecular formula is C22H24N2O5. The van der Waals surface area contributed by atoms with Gasteiger partial charge in [0.2, 0.25) is 5.91 Å². The third-order valence-electron chi connectivity index (χ3n) is 5.05. The maximum Gasteiger partial charge on any atom is 0.335 e. The molecule has 1 heterocycles. The molecule has 2 amide bonds. The molecular weight excluding hydrogens is 372 g/mol. The van der Waals surface area contributed by atoms with Crippen molar-refractivity contribution in [2.75, 3.05) is 10.2 Å². The second kappa shape index (κ2) is 7.58. The predicted octanol–water partition coefficient (Wildman–Crippen LogP) is 3.45. The van der Waals surface area contributed by atoms with Crippen molar-refractivity contribution < 1.29 is 24.2 Å². The Bertz CT molecular complexity index is 991. The lowest BCUT2D eigenvalue weighted by Crippen LogP contribution is -2.52. The summed E-state index contributed by atoms with van der Waals surface area (Å²) >= 11 is 0. The maximum absolute atomic E-state index is 13.0. The van der Waals surface area contributed by atoms with E-state index in [-0.39, 0.29) is 17.2 Å². The highest BCUT2D eigenvalue weighted by molar-refractivity contribution is 6.08. The van der Waals surface area contributed by atoms with Gasteiger partial charge in [0.15, 0.2) is 6.10 Å². The zero-order valence-electron chi connectivity index (χ0n) is 17.1. The third kappa shape index (κ3) is 3.81. The van der Waals surface area contributed by atoms with Crippen LogP contribution in [0.4, 0.5) is 11.4 Å². The number of benzene rings is 2. The monoisotopic (exact) mass is 396 g/mol.